The molecule has 0 bridgehead atoms. The SMILES string of the molecule is C#CCn1c(=NC(=O)c2ccc(S(=O)(=O)N(CC)Cc3ccccc3)cc2)sc2cc(C)cc(C)c21. The summed E-state index contributed by atoms with van der Waals surface area (Å²) >= 11 is 1.41. The van der Waals surface area contributed by atoms with E-state index in [1.165, 1.54) is 39.9 Å². The van der Waals surface area contributed by atoms with Crippen LogP contribution >= 0.6 is 11.3 Å². The first-order chi connectivity index (χ1) is 17.2. The van der Waals surface area contributed by atoms with E-state index in [2.05, 4.69) is 23.0 Å². The molecule has 0 unspecified atom stereocenters. The molecule has 0 aliphatic heterocycles. The lowest BCUT2D eigenvalue weighted by atomic mass is 10.1. The van der Waals surface area contributed by atoms with Gasteiger partial charge in [-0.15, -0.1) is 6.42 Å². The van der Waals surface area contributed by atoms with Crippen molar-refractivity contribution >= 4 is 37.5 Å². The highest BCUT2D eigenvalue weighted by atomic mass is 32.2. The van der Waals surface area contributed by atoms with Crippen LogP contribution in [0.5, 0.6) is 0 Å². The molecule has 6 nitrogen and oxygen atoms in total. The molecule has 0 radical (unpaired) electrons. The second-order valence-corrected chi connectivity index (χ2v) is 11.4. The number of fused-ring (bicyclic) bond motifs is 1. The average Bonchev–Trinajstić information content (AvgIpc) is 3.20. The largest absolute Gasteiger partial charge is 0.304 e. The summed E-state index contributed by atoms with van der Waals surface area (Å²) in [6.45, 7) is 6.73. The van der Waals surface area contributed by atoms with Crippen molar-refractivity contribution < 1.29 is 13.2 Å². The van der Waals surface area contributed by atoms with E-state index in [0.29, 0.717) is 23.5 Å². The number of aromatic nitrogens is 1. The van der Waals surface area contributed by atoms with Crippen molar-refractivity contribution in [2.45, 2.75) is 38.8 Å². The molecule has 0 atom stereocenters. The summed E-state index contributed by atoms with van der Waals surface area (Å²) in [5.74, 6) is 2.19. The van der Waals surface area contributed by atoms with Gasteiger partial charge in [0.05, 0.1) is 21.7 Å². The maximum Gasteiger partial charge on any atom is 0.279 e. The van der Waals surface area contributed by atoms with E-state index in [0.717, 1.165) is 26.9 Å². The number of rotatable bonds is 7. The smallest absolute Gasteiger partial charge is 0.279 e. The van der Waals surface area contributed by atoms with E-state index >= 15 is 0 Å². The molecule has 0 N–H and O–H groups in total. The van der Waals surface area contributed by atoms with Gasteiger partial charge in [0.2, 0.25) is 10.0 Å². The van der Waals surface area contributed by atoms with E-state index in [-0.39, 0.29) is 11.4 Å². The number of hydrogen-bond acceptors (Lipinski definition) is 4. The summed E-state index contributed by atoms with van der Waals surface area (Å²) in [6.07, 6.45) is 5.59. The zero-order chi connectivity index (χ0) is 25.9. The number of benzene rings is 3. The Hall–Kier alpha value is -3.51. The van der Waals surface area contributed by atoms with Crippen molar-refractivity contribution in [2.75, 3.05) is 6.54 Å². The third kappa shape index (κ3) is 5.19. The van der Waals surface area contributed by atoms with Crippen molar-refractivity contribution in [1.82, 2.24) is 8.87 Å². The fraction of sp³-hybridized carbons (Fsp3) is 0.214. The molecule has 1 aromatic heterocycles. The van der Waals surface area contributed by atoms with E-state index in [4.69, 9.17) is 6.42 Å². The average molecular weight is 518 g/mol. The summed E-state index contributed by atoms with van der Waals surface area (Å²) in [5.41, 5.74) is 4.36. The standard InChI is InChI=1S/C28H27N3O3S2/c1-5-16-31-26-21(4)17-20(3)18-25(26)35-28(31)29-27(32)23-12-14-24(15-13-23)36(33,34)30(6-2)19-22-10-8-7-9-11-22/h1,7-15,17-18H,6,16,19H2,2-4H3. The van der Waals surface area contributed by atoms with Gasteiger partial charge in [0, 0.05) is 18.7 Å². The summed E-state index contributed by atoms with van der Waals surface area (Å²) in [7, 11) is -3.72. The first-order valence-electron chi connectivity index (χ1n) is 11.5. The predicted octanol–water partition coefficient (Wildman–Crippen LogP) is 4.90. The Labute approximate surface area is 215 Å². The summed E-state index contributed by atoms with van der Waals surface area (Å²) < 4.78 is 30.7. The molecule has 4 aromatic rings. The first kappa shape index (κ1) is 25.6. The van der Waals surface area contributed by atoms with Gasteiger partial charge in [0.15, 0.2) is 4.80 Å². The highest BCUT2D eigenvalue weighted by molar-refractivity contribution is 7.89. The van der Waals surface area contributed by atoms with Crippen LogP contribution in [0.4, 0.5) is 0 Å². The Balaban J connectivity index is 1.65. The third-order valence-corrected chi connectivity index (χ3v) is 8.81. The van der Waals surface area contributed by atoms with Gasteiger partial charge in [-0.1, -0.05) is 60.6 Å². The third-order valence-electron chi connectivity index (χ3n) is 5.85. The molecule has 0 aliphatic rings. The second-order valence-electron chi connectivity index (χ2n) is 8.46. The maximum atomic E-state index is 13.2. The molecular formula is C28H27N3O3S2. The molecule has 0 fully saturated rings. The number of aryl methyl sites for hydroxylation is 2. The summed E-state index contributed by atoms with van der Waals surface area (Å²) in [4.78, 5) is 18.0. The highest BCUT2D eigenvalue weighted by Gasteiger charge is 2.23. The number of thiazole rings is 1. The van der Waals surface area contributed by atoms with E-state index in [1.54, 1.807) is 6.92 Å². The van der Waals surface area contributed by atoms with Crippen molar-refractivity contribution in [1.29, 1.82) is 0 Å². The number of terminal acetylenes is 1. The molecule has 8 heteroatoms. The Morgan fingerprint density at radius 3 is 2.42 bits per heavy atom. The summed E-state index contributed by atoms with van der Waals surface area (Å²) in [6, 6.07) is 19.5. The van der Waals surface area contributed by atoms with E-state index in [1.807, 2.05) is 48.7 Å². The predicted molar refractivity (Wildman–Crippen MR) is 144 cm³/mol. The lowest BCUT2D eigenvalue weighted by Gasteiger charge is -2.20. The lowest BCUT2D eigenvalue weighted by molar-refractivity contribution is 0.0997. The van der Waals surface area contributed by atoms with Crippen LogP contribution in [0.3, 0.4) is 0 Å². The molecule has 1 amide bonds. The minimum Gasteiger partial charge on any atom is -0.304 e. The topological polar surface area (TPSA) is 71.7 Å². The van der Waals surface area contributed by atoms with Gasteiger partial charge in [0.25, 0.3) is 5.91 Å². The molecular weight excluding hydrogens is 490 g/mol. The number of hydrogen-bond donors (Lipinski definition) is 0. The minimum atomic E-state index is -3.72. The van der Waals surface area contributed by atoms with Crippen LogP contribution in [0.25, 0.3) is 10.2 Å². The number of nitrogens with zero attached hydrogens (tertiary/aromatic N) is 3. The van der Waals surface area contributed by atoms with Crippen LogP contribution in [0, 0.1) is 26.2 Å². The monoisotopic (exact) mass is 517 g/mol. The number of amides is 1. The van der Waals surface area contributed by atoms with Crippen LogP contribution in [-0.4, -0.2) is 29.7 Å². The van der Waals surface area contributed by atoms with Gasteiger partial charge >= 0.3 is 0 Å². The number of sulfonamides is 1. The van der Waals surface area contributed by atoms with Gasteiger partial charge in [-0.25, -0.2) is 8.42 Å². The Kier molecular flexibility index (Phi) is 7.55. The molecule has 0 spiro atoms. The lowest BCUT2D eigenvalue weighted by Crippen LogP contribution is -2.30. The van der Waals surface area contributed by atoms with Crippen LogP contribution in [0.1, 0.15) is 34.0 Å². The zero-order valence-electron chi connectivity index (χ0n) is 20.4. The van der Waals surface area contributed by atoms with Gasteiger partial charge in [-0.3, -0.25) is 4.79 Å². The quantitative estimate of drug-likeness (QED) is 0.327. The van der Waals surface area contributed by atoms with Crippen LogP contribution < -0.4 is 4.80 Å². The molecule has 36 heavy (non-hydrogen) atoms. The maximum absolute atomic E-state index is 13.2. The summed E-state index contributed by atoms with van der Waals surface area (Å²) in [5, 5.41) is 0. The van der Waals surface area contributed by atoms with Crippen LogP contribution in [-0.2, 0) is 23.1 Å². The molecule has 0 saturated heterocycles. The first-order valence-corrected chi connectivity index (χ1v) is 13.8. The molecule has 3 aromatic carbocycles. The second kappa shape index (κ2) is 10.6. The Morgan fingerprint density at radius 1 is 1.08 bits per heavy atom. The normalized spacial score (nSPS) is 12.2. The van der Waals surface area contributed by atoms with Gasteiger partial charge < -0.3 is 4.57 Å². The van der Waals surface area contributed by atoms with Gasteiger partial charge in [-0.2, -0.15) is 9.30 Å². The molecule has 0 aliphatic carbocycles. The minimum absolute atomic E-state index is 0.132. The van der Waals surface area contributed by atoms with Crippen molar-refractivity contribution in [3.05, 3.63) is 93.8 Å². The molecule has 4 rings (SSSR count). The molecule has 184 valence electrons. The number of carbonyl (C=O) groups is 1. The zero-order valence-corrected chi connectivity index (χ0v) is 22.1. The molecule has 0 saturated carbocycles. The van der Waals surface area contributed by atoms with E-state index in [9.17, 15) is 13.2 Å². The van der Waals surface area contributed by atoms with Gasteiger partial charge in [0.1, 0.15) is 0 Å². The van der Waals surface area contributed by atoms with Crippen molar-refractivity contribution in [3.8, 4) is 12.3 Å². The van der Waals surface area contributed by atoms with Crippen LogP contribution in [0.2, 0.25) is 0 Å². The Morgan fingerprint density at radius 2 is 1.78 bits per heavy atom. The van der Waals surface area contributed by atoms with Gasteiger partial charge in [-0.05, 0) is 60.9 Å². The molecule has 1 heterocycles. The van der Waals surface area contributed by atoms with Crippen molar-refractivity contribution in [3.63, 3.8) is 0 Å². The van der Waals surface area contributed by atoms with Crippen LogP contribution in [0.15, 0.2) is 76.6 Å². The number of carbonyl (C=O) groups excluding carboxylic acids is 1. The highest BCUT2D eigenvalue weighted by Crippen LogP contribution is 2.23. The Bertz CT molecular complexity index is 1630. The fourth-order valence-electron chi connectivity index (χ4n) is 4.14. The van der Waals surface area contributed by atoms with E-state index < -0.39 is 15.9 Å². The van der Waals surface area contributed by atoms with Crippen molar-refractivity contribution in [2.24, 2.45) is 4.99 Å². The fourth-order valence-corrected chi connectivity index (χ4v) is 6.78.